The molecule has 1 atom stereocenters. The van der Waals surface area contributed by atoms with Crippen molar-refractivity contribution in [1.29, 1.82) is 0 Å². The highest BCUT2D eigenvalue weighted by atomic mass is 16.5. The number of carbonyl (C=O) groups excluding carboxylic acids is 2. The molecule has 0 radical (unpaired) electrons. The van der Waals surface area contributed by atoms with E-state index >= 15 is 0 Å². The van der Waals surface area contributed by atoms with Gasteiger partial charge in [0, 0.05) is 12.0 Å². The molecule has 0 aliphatic heterocycles. The number of amides is 1. The van der Waals surface area contributed by atoms with E-state index in [1.54, 1.807) is 12.1 Å². The lowest BCUT2D eigenvalue weighted by Gasteiger charge is -2.33. The molecule has 1 aliphatic carbocycles. The lowest BCUT2D eigenvalue weighted by atomic mass is 9.68. The van der Waals surface area contributed by atoms with Gasteiger partial charge in [0.2, 0.25) is 5.91 Å². The Bertz CT molecular complexity index is 598. The van der Waals surface area contributed by atoms with Gasteiger partial charge in [-0.15, -0.1) is 0 Å². The predicted octanol–water partition coefficient (Wildman–Crippen LogP) is 1.95. The fraction of sp³-hybridized carbons (Fsp3) is 0.438. The summed E-state index contributed by atoms with van der Waals surface area (Å²) in [4.78, 5) is 35.4. The molecule has 0 bridgehead atoms. The Morgan fingerprint density at radius 3 is 2.64 bits per heavy atom. The van der Waals surface area contributed by atoms with Gasteiger partial charge in [0.1, 0.15) is 5.41 Å². The summed E-state index contributed by atoms with van der Waals surface area (Å²) in [6.07, 6.45) is 2.02. The van der Waals surface area contributed by atoms with Crippen LogP contribution in [-0.2, 0) is 16.0 Å². The summed E-state index contributed by atoms with van der Waals surface area (Å²) < 4.78 is 0. The highest BCUT2D eigenvalue weighted by molar-refractivity contribution is 6.13. The van der Waals surface area contributed by atoms with Gasteiger partial charge in [-0.3, -0.25) is 19.6 Å². The van der Waals surface area contributed by atoms with E-state index in [2.05, 4.69) is 0 Å². The van der Waals surface area contributed by atoms with E-state index in [0.29, 0.717) is 24.8 Å². The number of unbranched alkanes of at least 4 members (excludes halogenated alkanes) is 1. The van der Waals surface area contributed by atoms with E-state index < -0.39 is 17.3 Å². The van der Waals surface area contributed by atoms with Gasteiger partial charge in [0.25, 0.3) is 0 Å². The van der Waals surface area contributed by atoms with Crippen LogP contribution in [-0.4, -0.2) is 28.0 Å². The summed E-state index contributed by atoms with van der Waals surface area (Å²) in [5.41, 5.74) is 1.52. The van der Waals surface area contributed by atoms with Crippen molar-refractivity contribution in [3.63, 3.8) is 0 Å². The van der Waals surface area contributed by atoms with Crippen LogP contribution in [0.5, 0.6) is 0 Å². The molecule has 0 saturated heterocycles. The quantitative estimate of drug-likeness (QED) is 0.322. The normalized spacial score (nSPS) is 20.3. The van der Waals surface area contributed by atoms with Crippen LogP contribution in [0.2, 0.25) is 0 Å². The summed E-state index contributed by atoms with van der Waals surface area (Å²) in [5.74, 6) is -1.95. The summed E-state index contributed by atoms with van der Waals surface area (Å²) >= 11 is 0. The van der Waals surface area contributed by atoms with E-state index in [0.717, 1.165) is 5.56 Å². The highest BCUT2D eigenvalue weighted by Gasteiger charge is 2.48. The maximum Gasteiger partial charge on any atom is 0.317 e. The smallest absolute Gasteiger partial charge is 0.317 e. The van der Waals surface area contributed by atoms with Crippen LogP contribution in [0.15, 0.2) is 24.3 Å². The summed E-state index contributed by atoms with van der Waals surface area (Å²) in [6.45, 7) is 0. The van der Waals surface area contributed by atoms with E-state index in [9.17, 15) is 19.5 Å². The number of hydrogen-bond donors (Lipinski definition) is 3. The monoisotopic (exact) mass is 305 g/mol. The van der Waals surface area contributed by atoms with E-state index in [1.807, 2.05) is 12.1 Å². The van der Waals surface area contributed by atoms with Gasteiger partial charge in [-0.25, -0.2) is 5.48 Å². The Labute approximate surface area is 128 Å². The number of hydroxylamine groups is 1. The molecule has 0 saturated carbocycles. The SMILES string of the molecule is O=C(CCCCC1(C(=O)O)CCc2ccccc2C1=O)NO. The molecule has 0 spiro atoms. The molecule has 1 aliphatic rings. The fourth-order valence-electron chi connectivity index (χ4n) is 3.00. The lowest BCUT2D eigenvalue weighted by molar-refractivity contribution is -0.146. The van der Waals surface area contributed by atoms with Gasteiger partial charge in [-0.05, 0) is 31.2 Å². The first-order valence-electron chi connectivity index (χ1n) is 7.30. The molecule has 6 nitrogen and oxygen atoms in total. The number of aryl methyl sites for hydroxylation is 1. The maximum atomic E-state index is 12.7. The number of fused-ring (bicyclic) bond motifs is 1. The van der Waals surface area contributed by atoms with Gasteiger partial charge < -0.3 is 5.11 Å². The third-order valence-electron chi connectivity index (χ3n) is 4.31. The van der Waals surface area contributed by atoms with Gasteiger partial charge in [0.15, 0.2) is 5.78 Å². The summed E-state index contributed by atoms with van der Waals surface area (Å²) in [5, 5.41) is 18.0. The minimum Gasteiger partial charge on any atom is -0.480 e. The maximum absolute atomic E-state index is 12.7. The van der Waals surface area contributed by atoms with Crippen molar-refractivity contribution in [1.82, 2.24) is 5.48 Å². The summed E-state index contributed by atoms with van der Waals surface area (Å²) in [6, 6.07) is 7.10. The Kier molecular flexibility index (Phi) is 4.92. The molecule has 118 valence electrons. The zero-order chi connectivity index (χ0) is 16.2. The number of hydrogen-bond acceptors (Lipinski definition) is 4. The molecule has 6 heteroatoms. The Hall–Kier alpha value is -2.21. The average molecular weight is 305 g/mol. The van der Waals surface area contributed by atoms with Crippen molar-refractivity contribution in [2.45, 2.75) is 38.5 Å². The first-order valence-corrected chi connectivity index (χ1v) is 7.30. The Morgan fingerprint density at radius 1 is 1.23 bits per heavy atom. The van der Waals surface area contributed by atoms with Crippen LogP contribution in [0.25, 0.3) is 0 Å². The van der Waals surface area contributed by atoms with Gasteiger partial charge >= 0.3 is 5.97 Å². The summed E-state index contributed by atoms with van der Waals surface area (Å²) in [7, 11) is 0. The molecule has 0 heterocycles. The van der Waals surface area contributed by atoms with Crippen LogP contribution in [0.4, 0.5) is 0 Å². The molecular weight excluding hydrogens is 286 g/mol. The second-order valence-electron chi connectivity index (χ2n) is 5.62. The third kappa shape index (κ3) is 3.01. The number of aliphatic carboxylic acids is 1. The van der Waals surface area contributed by atoms with Gasteiger partial charge in [0.05, 0.1) is 0 Å². The second-order valence-corrected chi connectivity index (χ2v) is 5.62. The van der Waals surface area contributed by atoms with Crippen LogP contribution >= 0.6 is 0 Å². The number of carboxylic acid groups (broad SMARTS) is 1. The first-order chi connectivity index (χ1) is 10.5. The molecule has 1 aromatic rings. The largest absolute Gasteiger partial charge is 0.480 e. The highest BCUT2D eigenvalue weighted by Crippen LogP contribution is 2.40. The Morgan fingerprint density at radius 2 is 1.95 bits per heavy atom. The average Bonchev–Trinajstić information content (AvgIpc) is 2.53. The second kappa shape index (κ2) is 6.70. The molecule has 22 heavy (non-hydrogen) atoms. The molecule has 0 fully saturated rings. The molecule has 3 N–H and O–H groups in total. The topological polar surface area (TPSA) is 104 Å². The van der Waals surface area contributed by atoms with E-state index in [-0.39, 0.29) is 25.0 Å². The number of rotatable bonds is 6. The van der Waals surface area contributed by atoms with Crippen molar-refractivity contribution in [2.75, 3.05) is 0 Å². The molecule has 1 aromatic carbocycles. The van der Waals surface area contributed by atoms with Crippen molar-refractivity contribution in [3.8, 4) is 0 Å². The number of carbonyl (C=O) groups is 3. The number of nitrogens with one attached hydrogen (secondary N) is 1. The van der Waals surface area contributed by atoms with Crippen molar-refractivity contribution in [2.24, 2.45) is 5.41 Å². The predicted molar refractivity (Wildman–Crippen MR) is 77.6 cm³/mol. The Balaban J connectivity index is 2.12. The molecular formula is C16H19NO5. The molecule has 2 rings (SSSR count). The first kappa shape index (κ1) is 16.2. The van der Waals surface area contributed by atoms with E-state index in [4.69, 9.17) is 5.21 Å². The molecule has 1 amide bonds. The van der Waals surface area contributed by atoms with Crippen molar-refractivity contribution < 1.29 is 24.7 Å². The van der Waals surface area contributed by atoms with Crippen molar-refractivity contribution >= 4 is 17.7 Å². The minimum absolute atomic E-state index is 0.108. The van der Waals surface area contributed by atoms with E-state index in [1.165, 1.54) is 5.48 Å². The zero-order valence-corrected chi connectivity index (χ0v) is 12.2. The fourth-order valence-corrected chi connectivity index (χ4v) is 3.00. The zero-order valence-electron chi connectivity index (χ0n) is 12.2. The minimum atomic E-state index is -1.40. The van der Waals surface area contributed by atoms with Crippen LogP contribution in [0.3, 0.4) is 0 Å². The number of Topliss-reactive ketones (excluding diaryl/α,β-unsaturated/α-hetero) is 1. The molecule has 1 unspecified atom stereocenters. The van der Waals surface area contributed by atoms with Crippen LogP contribution < -0.4 is 5.48 Å². The standard InChI is InChI=1S/C16H19NO5/c18-13(17-22)7-3-4-9-16(15(20)21)10-8-11-5-1-2-6-12(11)14(16)19/h1-2,5-6,22H,3-4,7-10H2,(H,17,18)(H,20,21). The van der Waals surface area contributed by atoms with Crippen molar-refractivity contribution in [3.05, 3.63) is 35.4 Å². The third-order valence-corrected chi connectivity index (χ3v) is 4.31. The number of carboxylic acids is 1. The number of benzene rings is 1. The van der Waals surface area contributed by atoms with Crippen LogP contribution in [0, 0.1) is 5.41 Å². The lowest BCUT2D eigenvalue weighted by Crippen LogP contribution is -2.43. The number of ketones is 1. The molecule has 0 aromatic heterocycles. The van der Waals surface area contributed by atoms with Gasteiger partial charge in [-0.2, -0.15) is 0 Å². The van der Waals surface area contributed by atoms with Crippen LogP contribution in [0.1, 0.15) is 48.0 Å². The van der Waals surface area contributed by atoms with Gasteiger partial charge in [-0.1, -0.05) is 30.7 Å².